The van der Waals surface area contributed by atoms with Crippen LogP contribution in [0.3, 0.4) is 0 Å². The van der Waals surface area contributed by atoms with Crippen LogP contribution < -0.4 is 0 Å². The second-order valence-corrected chi connectivity index (χ2v) is 6.06. The van der Waals surface area contributed by atoms with E-state index in [-0.39, 0.29) is 5.02 Å². The van der Waals surface area contributed by atoms with E-state index in [4.69, 9.17) is 11.6 Å². The number of hydrogen-bond acceptors (Lipinski definition) is 2. The van der Waals surface area contributed by atoms with Gasteiger partial charge in [0.2, 0.25) is 0 Å². The Bertz CT molecular complexity index is 652. The fraction of sp³-hybridized carbons (Fsp3) is 0.353. The molecule has 2 aromatic rings. The molecule has 0 N–H and O–H groups in total. The number of pyridine rings is 1. The smallest absolute Gasteiger partial charge is 0.309 e. The Morgan fingerprint density at radius 1 is 1.13 bits per heavy atom. The topological polar surface area (TPSA) is 16.1 Å². The lowest BCUT2D eigenvalue weighted by molar-refractivity contribution is -0.137. The molecule has 6 heteroatoms. The fourth-order valence-electron chi connectivity index (χ4n) is 2.23. The van der Waals surface area contributed by atoms with Crippen LogP contribution in [0.15, 0.2) is 36.5 Å². The highest BCUT2D eigenvalue weighted by molar-refractivity contribution is 6.33. The van der Waals surface area contributed by atoms with Gasteiger partial charge in [-0.3, -0.25) is 4.98 Å². The number of halogens is 4. The molecule has 0 radical (unpaired) electrons. The van der Waals surface area contributed by atoms with E-state index in [1.54, 1.807) is 0 Å². The number of alkyl halides is 3. The number of hydrogen-bond donors (Lipinski definition) is 0. The van der Waals surface area contributed by atoms with Gasteiger partial charge in [0, 0.05) is 11.8 Å². The third-order valence-corrected chi connectivity index (χ3v) is 3.75. The van der Waals surface area contributed by atoms with Crippen molar-refractivity contribution in [3.05, 3.63) is 52.7 Å². The number of nitrogens with zero attached hydrogens (tertiary/aromatic N) is 2. The molecule has 0 amide bonds. The minimum atomic E-state index is -4.44. The largest absolute Gasteiger partial charge is 0.417 e. The van der Waals surface area contributed by atoms with Crippen molar-refractivity contribution >= 4 is 11.6 Å². The molecule has 0 aliphatic rings. The summed E-state index contributed by atoms with van der Waals surface area (Å²) < 4.78 is 37.9. The summed E-state index contributed by atoms with van der Waals surface area (Å²) in [5.41, 5.74) is 1.41. The predicted octanol–water partition coefficient (Wildman–Crippen LogP) is 4.92. The van der Waals surface area contributed by atoms with Crippen LogP contribution in [0.1, 0.15) is 17.5 Å². The zero-order chi connectivity index (χ0) is 17.0. The summed E-state index contributed by atoms with van der Waals surface area (Å²) in [5.74, 6) is 0. The number of aromatic nitrogens is 1. The van der Waals surface area contributed by atoms with E-state index in [1.165, 1.54) is 5.56 Å². The minimum Gasteiger partial charge on any atom is -0.309 e. The maximum absolute atomic E-state index is 12.6. The summed E-state index contributed by atoms with van der Waals surface area (Å²) in [7, 11) is 4.06. The van der Waals surface area contributed by atoms with E-state index in [1.807, 2.05) is 38.4 Å². The van der Waals surface area contributed by atoms with Crippen molar-refractivity contribution in [3.8, 4) is 11.3 Å². The van der Waals surface area contributed by atoms with Crippen LogP contribution in [0, 0.1) is 0 Å². The average molecular weight is 343 g/mol. The lowest BCUT2D eigenvalue weighted by Gasteiger charge is -2.11. The quantitative estimate of drug-likeness (QED) is 0.767. The van der Waals surface area contributed by atoms with Gasteiger partial charge in [-0.25, -0.2) is 0 Å². The van der Waals surface area contributed by atoms with Gasteiger partial charge in [0.15, 0.2) is 0 Å². The summed E-state index contributed by atoms with van der Waals surface area (Å²) in [4.78, 5) is 6.00. The Labute approximate surface area is 138 Å². The van der Waals surface area contributed by atoms with Crippen molar-refractivity contribution < 1.29 is 13.2 Å². The molecule has 0 spiro atoms. The van der Waals surface area contributed by atoms with Gasteiger partial charge >= 0.3 is 6.18 Å². The van der Waals surface area contributed by atoms with Crippen LogP contribution in [0.5, 0.6) is 0 Å². The second kappa shape index (κ2) is 7.32. The van der Waals surface area contributed by atoms with Crippen LogP contribution in [0.2, 0.25) is 5.02 Å². The summed E-state index contributed by atoms with van der Waals surface area (Å²) >= 11 is 5.96. The van der Waals surface area contributed by atoms with Crippen molar-refractivity contribution in [1.29, 1.82) is 0 Å². The number of aryl methyl sites for hydroxylation is 1. The van der Waals surface area contributed by atoms with Crippen LogP contribution in [-0.2, 0) is 12.6 Å². The Hall–Kier alpha value is -1.59. The summed E-state index contributed by atoms with van der Waals surface area (Å²) in [5, 5.41) is 0.000169. The standard InChI is InChI=1S/C17H18ClF3N2/c1-23(2)9-3-4-12-5-7-13(8-6-12)16-15(18)10-14(11-22-16)17(19,20)21/h5-8,10-11H,3-4,9H2,1-2H3. The van der Waals surface area contributed by atoms with Gasteiger partial charge in [-0.2, -0.15) is 13.2 Å². The fourth-order valence-corrected chi connectivity index (χ4v) is 2.51. The van der Waals surface area contributed by atoms with Gasteiger partial charge in [0.1, 0.15) is 0 Å². The molecule has 1 aromatic carbocycles. The van der Waals surface area contributed by atoms with Crippen molar-refractivity contribution in [2.24, 2.45) is 0 Å². The SMILES string of the molecule is CN(C)CCCc1ccc(-c2ncc(C(F)(F)F)cc2Cl)cc1. The van der Waals surface area contributed by atoms with Crippen molar-refractivity contribution in [2.75, 3.05) is 20.6 Å². The molecule has 0 aliphatic carbocycles. The molecule has 0 saturated carbocycles. The minimum absolute atomic E-state index is 0.000169. The first-order valence-corrected chi connectivity index (χ1v) is 7.62. The summed E-state index contributed by atoms with van der Waals surface area (Å²) in [6.45, 7) is 1.01. The molecule has 0 fully saturated rings. The third kappa shape index (κ3) is 4.94. The monoisotopic (exact) mass is 342 g/mol. The average Bonchev–Trinajstić information content (AvgIpc) is 2.47. The molecule has 2 nitrogen and oxygen atoms in total. The predicted molar refractivity (Wildman–Crippen MR) is 86.6 cm³/mol. The van der Waals surface area contributed by atoms with Crippen molar-refractivity contribution in [2.45, 2.75) is 19.0 Å². The maximum Gasteiger partial charge on any atom is 0.417 e. The van der Waals surface area contributed by atoms with Crippen molar-refractivity contribution in [3.63, 3.8) is 0 Å². The number of rotatable bonds is 5. The zero-order valence-electron chi connectivity index (χ0n) is 13.0. The highest BCUT2D eigenvalue weighted by atomic mass is 35.5. The molecular formula is C17H18ClF3N2. The molecule has 23 heavy (non-hydrogen) atoms. The van der Waals surface area contributed by atoms with Crippen LogP contribution >= 0.6 is 11.6 Å². The molecule has 1 heterocycles. The van der Waals surface area contributed by atoms with Crippen molar-refractivity contribution in [1.82, 2.24) is 9.88 Å². The van der Waals surface area contributed by atoms with Gasteiger partial charge in [-0.05, 0) is 45.1 Å². The highest BCUT2D eigenvalue weighted by Crippen LogP contribution is 2.34. The van der Waals surface area contributed by atoms with Gasteiger partial charge in [-0.1, -0.05) is 35.9 Å². The Morgan fingerprint density at radius 2 is 1.78 bits per heavy atom. The molecule has 0 bridgehead atoms. The summed E-state index contributed by atoms with van der Waals surface area (Å²) in [6, 6.07) is 8.51. The first-order valence-electron chi connectivity index (χ1n) is 7.24. The first kappa shape index (κ1) is 17.8. The molecular weight excluding hydrogens is 325 g/mol. The van der Waals surface area contributed by atoms with Gasteiger partial charge < -0.3 is 4.90 Å². The molecule has 0 atom stereocenters. The van der Waals surface area contributed by atoms with E-state index in [2.05, 4.69) is 9.88 Å². The first-order chi connectivity index (χ1) is 10.8. The van der Waals surface area contributed by atoms with Crippen LogP contribution in [0.25, 0.3) is 11.3 Å². The maximum atomic E-state index is 12.6. The molecule has 0 aliphatic heterocycles. The van der Waals surface area contributed by atoms with E-state index in [0.717, 1.165) is 31.6 Å². The van der Waals surface area contributed by atoms with Crippen LogP contribution in [-0.4, -0.2) is 30.5 Å². The van der Waals surface area contributed by atoms with Crippen LogP contribution in [0.4, 0.5) is 13.2 Å². The van der Waals surface area contributed by atoms with E-state index < -0.39 is 11.7 Å². The highest BCUT2D eigenvalue weighted by Gasteiger charge is 2.31. The Balaban J connectivity index is 2.13. The molecule has 0 unspecified atom stereocenters. The normalized spacial score (nSPS) is 12.0. The lowest BCUT2D eigenvalue weighted by atomic mass is 10.0. The molecule has 124 valence electrons. The second-order valence-electron chi connectivity index (χ2n) is 5.66. The van der Waals surface area contributed by atoms with Gasteiger partial charge in [-0.15, -0.1) is 0 Å². The van der Waals surface area contributed by atoms with E-state index in [0.29, 0.717) is 11.3 Å². The van der Waals surface area contributed by atoms with E-state index in [9.17, 15) is 13.2 Å². The third-order valence-electron chi connectivity index (χ3n) is 3.47. The lowest BCUT2D eigenvalue weighted by Crippen LogP contribution is -2.13. The zero-order valence-corrected chi connectivity index (χ0v) is 13.7. The van der Waals surface area contributed by atoms with E-state index >= 15 is 0 Å². The summed E-state index contributed by atoms with van der Waals surface area (Å²) in [6.07, 6.45) is -1.63. The molecule has 2 rings (SSSR count). The molecule has 0 saturated heterocycles. The van der Waals surface area contributed by atoms with Gasteiger partial charge in [0.25, 0.3) is 0 Å². The Kier molecular flexibility index (Phi) is 5.65. The van der Waals surface area contributed by atoms with Gasteiger partial charge in [0.05, 0.1) is 16.3 Å². The number of benzene rings is 1. The molecule has 1 aromatic heterocycles. The Morgan fingerprint density at radius 3 is 2.30 bits per heavy atom.